The largest absolute Gasteiger partial charge is 0.408 e. The van der Waals surface area contributed by atoms with E-state index in [1.54, 1.807) is 0 Å². The van der Waals surface area contributed by atoms with E-state index in [1.165, 1.54) is 0 Å². The predicted molar refractivity (Wildman–Crippen MR) is 79.6 cm³/mol. The minimum atomic E-state index is 0.144. The lowest BCUT2D eigenvalue weighted by atomic mass is 9.97. The highest BCUT2D eigenvalue weighted by Gasteiger charge is 2.26. The molecule has 0 saturated carbocycles. The zero-order chi connectivity index (χ0) is 14.1. The molecule has 0 aliphatic carbocycles. The standard InChI is InChI=1S/C13H16BrN5O/c1-8-2-3-10(14)11(16-8)19-6-4-9(5-7-19)12-17-18-13(15)20-12/h2-3,9H,4-7H2,1H3,(H2,15,18). The molecule has 6 nitrogen and oxygen atoms in total. The first-order valence-electron chi connectivity index (χ1n) is 6.60. The van der Waals surface area contributed by atoms with E-state index >= 15 is 0 Å². The molecule has 1 fully saturated rings. The van der Waals surface area contributed by atoms with Crippen LogP contribution in [0.2, 0.25) is 0 Å². The van der Waals surface area contributed by atoms with Crippen LogP contribution in [0, 0.1) is 6.92 Å². The Bertz CT molecular complexity index is 607. The van der Waals surface area contributed by atoms with Crippen LogP contribution in [0.15, 0.2) is 21.0 Å². The van der Waals surface area contributed by atoms with Crippen molar-refractivity contribution in [2.75, 3.05) is 23.7 Å². The highest BCUT2D eigenvalue weighted by Crippen LogP contribution is 2.32. The molecule has 0 amide bonds. The van der Waals surface area contributed by atoms with Crippen LogP contribution < -0.4 is 10.6 Å². The van der Waals surface area contributed by atoms with Gasteiger partial charge in [-0.15, -0.1) is 5.10 Å². The lowest BCUT2D eigenvalue weighted by Gasteiger charge is -2.32. The van der Waals surface area contributed by atoms with Gasteiger partial charge in [0.05, 0.1) is 4.47 Å². The Balaban J connectivity index is 1.70. The van der Waals surface area contributed by atoms with Gasteiger partial charge < -0.3 is 15.1 Å². The summed E-state index contributed by atoms with van der Waals surface area (Å²) in [6.45, 7) is 3.84. The third-order valence-electron chi connectivity index (χ3n) is 3.57. The van der Waals surface area contributed by atoms with Gasteiger partial charge in [0.25, 0.3) is 0 Å². The van der Waals surface area contributed by atoms with E-state index in [1.807, 2.05) is 19.1 Å². The van der Waals surface area contributed by atoms with Gasteiger partial charge in [0.1, 0.15) is 5.82 Å². The molecular formula is C13H16BrN5O. The molecule has 0 atom stereocenters. The van der Waals surface area contributed by atoms with Crippen molar-refractivity contribution >= 4 is 27.8 Å². The first-order chi connectivity index (χ1) is 9.63. The summed E-state index contributed by atoms with van der Waals surface area (Å²) in [4.78, 5) is 6.89. The van der Waals surface area contributed by atoms with Gasteiger partial charge in [-0.1, -0.05) is 5.10 Å². The molecule has 106 valence electrons. The fourth-order valence-corrected chi connectivity index (χ4v) is 2.97. The van der Waals surface area contributed by atoms with Crippen LogP contribution in [0.25, 0.3) is 0 Å². The first-order valence-corrected chi connectivity index (χ1v) is 7.40. The van der Waals surface area contributed by atoms with Gasteiger partial charge in [-0.25, -0.2) is 4.98 Å². The Morgan fingerprint density at radius 2 is 2.05 bits per heavy atom. The topological polar surface area (TPSA) is 81.1 Å². The third kappa shape index (κ3) is 2.63. The number of nitrogens with two attached hydrogens (primary N) is 1. The minimum Gasteiger partial charge on any atom is -0.408 e. The number of aromatic nitrogens is 3. The fourth-order valence-electron chi connectivity index (χ4n) is 2.50. The van der Waals surface area contributed by atoms with Crippen molar-refractivity contribution < 1.29 is 4.42 Å². The van der Waals surface area contributed by atoms with Gasteiger partial charge >= 0.3 is 6.01 Å². The molecule has 0 spiro atoms. The van der Waals surface area contributed by atoms with E-state index in [4.69, 9.17) is 10.2 Å². The number of nitrogens with zero attached hydrogens (tertiary/aromatic N) is 4. The molecule has 0 unspecified atom stereocenters. The van der Waals surface area contributed by atoms with Crippen LogP contribution >= 0.6 is 15.9 Å². The summed E-state index contributed by atoms with van der Waals surface area (Å²) < 4.78 is 6.35. The van der Waals surface area contributed by atoms with E-state index < -0.39 is 0 Å². The third-order valence-corrected chi connectivity index (χ3v) is 4.19. The summed E-state index contributed by atoms with van der Waals surface area (Å²) in [6.07, 6.45) is 1.92. The van der Waals surface area contributed by atoms with Crippen LogP contribution in [0.3, 0.4) is 0 Å². The van der Waals surface area contributed by atoms with Gasteiger partial charge in [0.15, 0.2) is 0 Å². The number of nitrogen functional groups attached to an aromatic ring is 1. The Hall–Kier alpha value is -1.63. The molecule has 2 N–H and O–H groups in total. The Morgan fingerprint density at radius 1 is 1.30 bits per heavy atom. The Morgan fingerprint density at radius 3 is 2.70 bits per heavy atom. The molecule has 3 heterocycles. The Labute approximate surface area is 125 Å². The van der Waals surface area contributed by atoms with Gasteiger partial charge in [-0.3, -0.25) is 0 Å². The number of pyridine rings is 1. The molecular weight excluding hydrogens is 322 g/mol. The van der Waals surface area contributed by atoms with Crippen LogP contribution in [-0.4, -0.2) is 28.3 Å². The average Bonchev–Trinajstić information content (AvgIpc) is 2.88. The molecule has 2 aromatic rings. The predicted octanol–water partition coefficient (Wildman–Crippen LogP) is 2.50. The molecule has 1 aliphatic rings. The smallest absolute Gasteiger partial charge is 0.312 e. The SMILES string of the molecule is Cc1ccc(Br)c(N2CCC(c3nnc(N)o3)CC2)n1. The number of halogens is 1. The van der Waals surface area contributed by atoms with E-state index in [2.05, 4.69) is 36.0 Å². The normalized spacial score (nSPS) is 16.6. The summed E-state index contributed by atoms with van der Waals surface area (Å²) in [5.41, 5.74) is 6.50. The second-order valence-electron chi connectivity index (χ2n) is 5.00. The zero-order valence-corrected chi connectivity index (χ0v) is 12.8. The lowest BCUT2D eigenvalue weighted by Crippen LogP contribution is -2.34. The second kappa shape index (κ2) is 5.40. The summed E-state index contributed by atoms with van der Waals surface area (Å²) in [5.74, 6) is 1.95. The maximum Gasteiger partial charge on any atom is 0.312 e. The zero-order valence-electron chi connectivity index (χ0n) is 11.2. The number of rotatable bonds is 2. The van der Waals surface area contributed by atoms with E-state index in [-0.39, 0.29) is 6.01 Å². The molecule has 0 radical (unpaired) electrons. The molecule has 3 rings (SSSR count). The van der Waals surface area contributed by atoms with E-state index in [9.17, 15) is 0 Å². The number of piperidine rings is 1. The van der Waals surface area contributed by atoms with Crippen LogP contribution in [0.5, 0.6) is 0 Å². The van der Waals surface area contributed by atoms with Gasteiger partial charge in [0.2, 0.25) is 5.89 Å². The second-order valence-corrected chi connectivity index (χ2v) is 5.85. The average molecular weight is 338 g/mol. The maximum atomic E-state index is 5.47. The molecule has 0 aromatic carbocycles. The quantitative estimate of drug-likeness (QED) is 0.906. The van der Waals surface area contributed by atoms with Crippen molar-refractivity contribution in [1.82, 2.24) is 15.2 Å². The maximum absolute atomic E-state index is 5.47. The number of aryl methyl sites for hydroxylation is 1. The van der Waals surface area contributed by atoms with Crippen molar-refractivity contribution in [2.24, 2.45) is 0 Å². The van der Waals surface area contributed by atoms with Gasteiger partial charge in [-0.05, 0) is 47.8 Å². The van der Waals surface area contributed by atoms with E-state index in [0.29, 0.717) is 11.8 Å². The highest BCUT2D eigenvalue weighted by atomic mass is 79.9. The lowest BCUT2D eigenvalue weighted by molar-refractivity contribution is 0.399. The van der Waals surface area contributed by atoms with Crippen LogP contribution in [-0.2, 0) is 0 Å². The van der Waals surface area contributed by atoms with Crippen molar-refractivity contribution in [3.63, 3.8) is 0 Å². The van der Waals surface area contributed by atoms with Crippen molar-refractivity contribution in [2.45, 2.75) is 25.7 Å². The summed E-state index contributed by atoms with van der Waals surface area (Å²) in [6, 6.07) is 4.19. The fraction of sp³-hybridized carbons (Fsp3) is 0.462. The Kier molecular flexibility index (Phi) is 3.60. The molecule has 20 heavy (non-hydrogen) atoms. The highest BCUT2D eigenvalue weighted by molar-refractivity contribution is 9.10. The summed E-state index contributed by atoms with van der Waals surface area (Å²) in [5, 5.41) is 7.71. The minimum absolute atomic E-state index is 0.144. The van der Waals surface area contributed by atoms with Crippen LogP contribution in [0.1, 0.15) is 30.3 Å². The summed E-state index contributed by atoms with van der Waals surface area (Å²) in [7, 11) is 0. The van der Waals surface area contributed by atoms with E-state index in [0.717, 1.165) is 41.9 Å². The molecule has 0 bridgehead atoms. The molecule has 7 heteroatoms. The van der Waals surface area contributed by atoms with Gasteiger partial charge in [-0.2, -0.15) is 0 Å². The van der Waals surface area contributed by atoms with Crippen molar-refractivity contribution in [3.8, 4) is 0 Å². The van der Waals surface area contributed by atoms with Crippen molar-refractivity contribution in [1.29, 1.82) is 0 Å². The van der Waals surface area contributed by atoms with Gasteiger partial charge in [0, 0.05) is 24.7 Å². The number of anilines is 2. The molecule has 2 aromatic heterocycles. The first kappa shape index (κ1) is 13.4. The monoisotopic (exact) mass is 337 g/mol. The number of hydrogen-bond acceptors (Lipinski definition) is 6. The number of hydrogen-bond donors (Lipinski definition) is 1. The summed E-state index contributed by atoms with van der Waals surface area (Å²) >= 11 is 3.57. The molecule has 1 aliphatic heterocycles. The molecule has 1 saturated heterocycles. The van der Waals surface area contributed by atoms with Crippen molar-refractivity contribution in [3.05, 3.63) is 28.2 Å². The van der Waals surface area contributed by atoms with Crippen LogP contribution in [0.4, 0.5) is 11.8 Å².